The number of fused-ring (bicyclic) bond motifs is 4. The molecule has 0 unspecified atom stereocenters. The topological polar surface area (TPSA) is 25.8 Å². The molecule has 0 radical (unpaired) electrons. The van der Waals surface area contributed by atoms with Gasteiger partial charge in [-0.25, -0.2) is 0 Å². The van der Waals surface area contributed by atoms with Crippen LogP contribution in [0.2, 0.25) is 0 Å². The van der Waals surface area contributed by atoms with E-state index in [-0.39, 0.29) is 5.41 Å². The predicted molar refractivity (Wildman–Crippen MR) is 186 cm³/mol. The van der Waals surface area contributed by atoms with Gasteiger partial charge in [0.25, 0.3) is 0 Å². The van der Waals surface area contributed by atoms with Crippen molar-refractivity contribution in [2.45, 2.75) is 104 Å². The molecule has 0 fully saturated rings. The summed E-state index contributed by atoms with van der Waals surface area (Å²) in [6.07, 6.45) is 12.7. The van der Waals surface area contributed by atoms with Gasteiger partial charge in [0.1, 0.15) is 11.0 Å². The van der Waals surface area contributed by atoms with Crippen molar-refractivity contribution in [2.75, 3.05) is 0 Å². The van der Waals surface area contributed by atoms with E-state index in [0.29, 0.717) is 0 Å². The lowest BCUT2D eigenvalue weighted by atomic mass is 9.70. The fourth-order valence-electron chi connectivity index (χ4n) is 7.58. The summed E-state index contributed by atoms with van der Waals surface area (Å²) in [5.74, 6) is 0. The molecule has 43 heavy (non-hydrogen) atoms. The summed E-state index contributed by atoms with van der Waals surface area (Å²) in [4.78, 5) is 0. The number of benzene rings is 4. The first kappa shape index (κ1) is 29.8. The summed E-state index contributed by atoms with van der Waals surface area (Å²) in [5.41, 5.74) is 17.0. The lowest BCUT2D eigenvalue weighted by Crippen LogP contribution is -2.25. The molecular weight excluding hydrogens is 541 g/mol. The minimum atomic E-state index is 0.0289. The van der Waals surface area contributed by atoms with Crippen molar-refractivity contribution in [3.63, 3.8) is 0 Å². The van der Waals surface area contributed by atoms with Gasteiger partial charge >= 0.3 is 0 Å². The van der Waals surface area contributed by atoms with Gasteiger partial charge in [-0.3, -0.25) is 0 Å². The molecule has 6 rings (SSSR count). The Morgan fingerprint density at radius 2 is 1.09 bits per heavy atom. The number of rotatable bonds is 12. The van der Waals surface area contributed by atoms with Gasteiger partial charge in [-0.15, -0.1) is 0 Å². The molecule has 0 bridgehead atoms. The number of unbranched alkanes of at least 4 members (excludes halogenated alkanes) is 6. The van der Waals surface area contributed by atoms with Crippen molar-refractivity contribution in [1.82, 2.24) is 8.75 Å². The van der Waals surface area contributed by atoms with Crippen LogP contribution < -0.4 is 0 Å². The standard InChI is InChI=1S/C40H46N2S/c1-6-8-10-12-20-40(21-13-11-9-7-2)36-25-30(32-23-27(3)22-28(4)24-32)15-18-34(36)35-19-16-31(26-37(35)40)33-17-14-29(5)38-39(33)42-43-41-38/h14-19,22-26H,6-13,20-21H2,1-5H3. The van der Waals surface area contributed by atoms with E-state index in [1.807, 2.05) is 0 Å². The van der Waals surface area contributed by atoms with Crippen LogP contribution in [-0.2, 0) is 5.41 Å². The van der Waals surface area contributed by atoms with E-state index in [4.69, 9.17) is 4.37 Å². The van der Waals surface area contributed by atoms with Crippen LogP contribution in [0.25, 0.3) is 44.4 Å². The zero-order valence-corrected chi connectivity index (χ0v) is 27.5. The van der Waals surface area contributed by atoms with Crippen molar-refractivity contribution >= 4 is 22.8 Å². The minimum absolute atomic E-state index is 0.0289. The second kappa shape index (κ2) is 12.7. The Kier molecular flexibility index (Phi) is 8.82. The van der Waals surface area contributed by atoms with Crippen molar-refractivity contribution in [1.29, 1.82) is 0 Å². The molecule has 1 aromatic heterocycles. The largest absolute Gasteiger partial charge is 0.173 e. The first-order valence-electron chi connectivity index (χ1n) is 16.6. The third-order valence-corrected chi connectivity index (χ3v) is 10.3. The van der Waals surface area contributed by atoms with E-state index in [1.54, 1.807) is 5.56 Å². The Morgan fingerprint density at radius 1 is 0.535 bits per heavy atom. The second-order valence-corrected chi connectivity index (χ2v) is 13.5. The molecule has 1 aliphatic rings. The monoisotopic (exact) mass is 586 g/mol. The van der Waals surface area contributed by atoms with Gasteiger partial charge in [0.2, 0.25) is 0 Å². The maximum atomic E-state index is 4.76. The summed E-state index contributed by atoms with van der Waals surface area (Å²) in [6.45, 7) is 11.2. The highest BCUT2D eigenvalue weighted by Crippen LogP contribution is 2.56. The molecule has 3 heteroatoms. The van der Waals surface area contributed by atoms with Crippen LogP contribution in [0.5, 0.6) is 0 Å². The van der Waals surface area contributed by atoms with Gasteiger partial charge in [0, 0.05) is 11.0 Å². The fraction of sp³-hybridized carbons (Fsp3) is 0.400. The number of nitrogens with zero attached hydrogens (tertiary/aromatic N) is 2. The van der Waals surface area contributed by atoms with Crippen molar-refractivity contribution in [2.24, 2.45) is 0 Å². The summed E-state index contributed by atoms with van der Waals surface area (Å²) >= 11 is 1.32. The predicted octanol–water partition coefficient (Wildman–Crippen LogP) is 12.2. The van der Waals surface area contributed by atoms with Crippen LogP contribution in [0.1, 0.15) is 106 Å². The lowest BCUT2D eigenvalue weighted by molar-refractivity contribution is 0.401. The van der Waals surface area contributed by atoms with Crippen LogP contribution >= 0.6 is 11.7 Å². The molecule has 0 N–H and O–H groups in total. The third kappa shape index (κ3) is 5.69. The molecule has 2 nitrogen and oxygen atoms in total. The smallest absolute Gasteiger partial charge is 0.112 e. The second-order valence-electron chi connectivity index (χ2n) is 13.0. The Hall–Kier alpha value is -3.30. The molecule has 0 spiro atoms. The highest BCUT2D eigenvalue weighted by Gasteiger charge is 2.42. The summed E-state index contributed by atoms with van der Waals surface area (Å²) in [6, 6.07) is 26.1. The van der Waals surface area contributed by atoms with Gasteiger partial charge in [-0.05, 0) is 90.3 Å². The summed E-state index contributed by atoms with van der Waals surface area (Å²) in [7, 11) is 0. The molecule has 4 aromatic carbocycles. The molecule has 0 saturated carbocycles. The minimum Gasteiger partial charge on any atom is -0.173 e. The molecule has 222 valence electrons. The highest BCUT2D eigenvalue weighted by molar-refractivity contribution is 7.00. The van der Waals surface area contributed by atoms with Gasteiger partial charge in [0.15, 0.2) is 0 Å². The number of aromatic nitrogens is 2. The first-order valence-corrected chi connectivity index (χ1v) is 17.3. The van der Waals surface area contributed by atoms with Gasteiger partial charge < -0.3 is 0 Å². The number of hydrogen-bond acceptors (Lipinski definition) is 3. The van der Waals surface area contributed by atoms with Crippen molar-refractivity contribution in [3.8, 4) is 33.4 Å². The average molecular weight is 587 g/mol. The lowest BCUT2D eigenvalue weighted by Gasteiger charge is -2.33. The molecular formula is C40H46N2S. The van der Waals surface area contributed by atoms with E-state index in [9.17, 15) is 0 Å². The van der Waals surface area contributed by atoms with Crippen LogP contribution in [0.3, 0.4) is 0 Å². The van der Waals surface area contributed by atoms with Crippen molar-refractivity contribution < 1.29 is 0 Å². The average Bonchev–Trinajstić information content (AvgIpc) is 3.60. The van der Waals surface area contributed by atoms with Gasteiger partial charge in [-0.1, -0.05) is 131 Å². The van der Waals surface area contributed by atoms with Gasteiger partial charge in [-0.2, -0.15) is 8.75 Å². The van der Waals surface area contributed by atoms with E-state index in [2.05, 4.69) is 106 Å². The Morgan fingerprint density at radius 3 is 1.72 bits per heavy atom. The normalized spacial score (nSPS) is 13.4. The van der Waals surface area contributed by atoms with E-state index in [0.717, 1.165) is 11.0 Å². The maximum Gasteiger partial charge on any atom is 0.112 e. The van der Waals surface area contributed by atoms with Crippen LogP contribution in [0.15, 0.2) is 66.7 Å². The molecule has 0 atom stereocenters. The molecule has 1 aliphatic carbocycles. The Balaban J connectivity index is 1.53. The van der Waals surface area contributed by atoms with Crippen molar-refractivity contribution in [3.05, 3.63) is 94.5 Å². The molecule has 0 aliphatic heterocycles. The number of hydrogen-bond donors (Lipinski definition) is 0. The van der Waals surface area contributed by atoms with E-state index in [1.165, 1.54) is 132 Å². The SMILES string of the molecule is CCCCCCC1(CCCCCC)c2cc(-c3cc(C)cc(C)c3)ccc2-c2ccc(-c3ccc(C)c4nsnc34)cc21. The first-order chi connectivity index (χ1) is 20.9. The molecule has 0 saturated heterocycles. The Bertz CT molecular complexity index is 1710. The molecule has 1 heterocycles. The quantitative estimate of drug-likeness (QED) is 0.136. The zero-order chi connectivity index (χ0) is 30.0. The van der Waals surface area contributed by atoms with E-state index >= 15 is 0 Å². The van der Waals surface area contributed by atoms with Gasteiger partial charge in [0.05, 0.1) is 11.7 Å². The zero-order valence-electron chi connectivity index (χ0n) is 26.7. The summed E-state index contributed by atoms with van der Waals surface area (Å²) in [5, 5.41) is 0. The van der Waals surface area contributed by atoms with Crippen LogP contribution in [-0.4, -0.2) is 8.75 Å². The maximum absolute atomic E-state index is 4.76. The fourth-order valence-corrected chi connectivity index (χ4v) is 8.20. The van der Waals surface area contributed by atoms with Crippen LogP contribution in [0, 0.1) is 20.8 Å². The third-order valence-electron chi connectivity index (χ3n) is 9.76. The Labute approximate surface area is 262 Å². The molecule has 0 amide bonds. The highest BCUT2D eigenvalue weighted by atomic mass is 32.1. The van der Waals surface area contributed by atoms with E-state index < -0.39 is 0 Å². The molecule has 5 aromatic rings. The number of aryl methyl sites for hydroxylation is 3. The summed E-state index contributed by atoms with van der Waals surface area (Å²) < 4.78 is 9.39. The van der Waals surface area contributed by atoms with Crippen LogP contribution in [0.4, 0.5) is 0 Å².